The van der Waals surface area contributed by atoms with E-state index in [0.29, 0.717) is 5.76 Å². The summed E-state index contributed by atoms with van der Waals surface area (Å²) in [4.78, 5) is 10.5. The van der Waals surface area contributed by atoms with Gasteiger partial charge < -0.3 is 4.74 Å². The number of rotatable bonds is 5. The third kappa shape index (κ3) is 7.27. The van der Waals surface area contributed by atoms with Gasteiger partial charge in [0.15, 0.2) is 0 Å². The summed E-state index contributed by atoms with van der Waals surface area (Å²) in [7, 11) is -3.43. The van der Waals surface area contributed by atoms with Gasteiger partial charge in [-0.1, -0.05) is 26.3 Å². The highest BCUT2D eigenvalue weighted by Crippen LogP contribution is 2.24. The Morgan fingerprint density at radius 1 is 1.25 bits per heavy atom. The van der Waals surface area contributed by atoms with Crippen LogP contribution in [-0.2, 0) is 14.8 Å². The molecule has 0 spiro atoms. The molecule has 0 bridgehead atoms. The Morgan fingerprint density at radius 2 is 1.88 bits per heavy atom. The van der Waals surface area contributed by atoms with E-state index in [1.165, 1.54) is 24.6 Å². The monoisotopic (exact) mass is 358 g/mol. The van der Waals surface area contributed by atoms with Gasteiger partial charge in [-0.05, 0) is 31.8 Å². The zero-order chi connectivity index (χ0) is 18.2. The average Bonchev–Trinajstić information content (AvgIpc) is 2.71. The van der Waals surface area contributed by atoms with Crippen LogP contribution in [-0.4, -0.2) is 31.7 Å². The molecular weight excluding hydrogens is 332 g/mol. The van der Waals surface area contributed by atoms with Gasteiger partial charge in [-0.2, -0.15) is 0 Å². The highest BCUT2D eigenvalue weighted by Gasteiger charge is 2.21. The summed E-state index contributed by atoms with van der Waals surface area (Å²) in [6.07, 6.45) is 11.9. The fourth-order valence-corrected chi connectivity index (χ4v) is 3.20. The number of nitrogens with one attached hydrogen (secondary N) is 1. The predicted octanol–water partition coefficient (Wildman–Crippen LogP) is 2.89. The molecule has 1 N–H and O–H groups in total. The maximum atomic E-state index is 11.4. The van der Waals surface area contributed by atoms with E-state index in [1.54, 1.807) is 6.08 Å². The highest BCUT2D eigenvalue weighted by molar-refractivity contribution is 7.88. The molecule has 0 aromatic heterocycles. The van der Waals surface area contributed by atoms with Gasteiger partial charge in [-0.15, -0.1) is 0 Å². The van der Waals surface area contributed by atoms with Gasteiger partial charge >= 0.3 is 0 Å². The first-order valence-electron chi connectivity index (χ1n) is 8.23. The van der Waals surface area contributed by atoms with Crippen molar-refractivity contribution in [3.05, 3.63) is 45.9 Å². The topological polar surface area (TPSA) is 98.5 Å². The van der Waals surface area contributed by atoms with E-state index < -0.39 is 21.0 Å². The third-order valence-electron chi connectivity index (χ3n) is 3.52. The van der Waals surface area contributed by atoms with Crippen molar-refractivity contribution in [1.29, 1.82) is 0 Å². The zero-order valence-corrected chi connectivity index (χ0v) is 15.2. The predicted molar refractivity (Wildman–Crippen MR) is 93.4 cm³/mol. The van der Waals surface area contributed by atoms with Gasteiger partial charge in [0, 0.05) is 6.08 Å². The van der Waals surface area contributed by atoms with Crippen molar-refractivity contribution in [2.45, 2.75) is 58.1 Å². The molecule has 0 aromatic carbocycles. The SMILES string of the molecule is CC.CS(=O)(=O)NC1C=CC([N+](=O)[O-])=CC(OC2CCCCC2)=C1. The largest absolute Gasteiger partial charge is 0.490 e. The van der Waals surface area contributed by atoms with Crippen molar-refractivity contribution in [3.63, 3.8) is 0 Å². The molecule has 0 amide bonds. The second-order valence-corrected chi connectivity index (χ2v) is 7.33. The number of nitro groups is 1. The summed E-state index contributed by atoms with van der Waals surface area (Å²) in [6.45, 7) is 4.00. The standard InChI is InChI=1S/C14H20N2O5S.C2H6/c1-22(19,20)15-11-7-8-12(16(17)18)10-14(9-11)21-13-5-3-2-4-6-13;1-2/h7-11,13,15H,2-6H2,1H3;1-2H3. The van der Waals surface area contributed by atoms with Crippen LogP contribution >= 0.6 is 0 Å². The Labute approximate surface area is 143 Å². The molecule has 24 heavy (non-hydrogen) atoms. The van der Waals surface area contributed by atoms with Crippen LogP contribution in [0.4, 0.5) is 0 Å². The van der Waals surface area contributed by atoms with Gasteiger partial charge in [0.25, 0.3) is 5.70 Å². The minimum absolute atomic E-state index is 0.0289. The van der Waals surface area contributed by atoms with Gasteiger partial charge in [0.1, 0.15) is 5.76 Å². The Bertz CT molecular complexity index is 616. The molecule has 0 aromatic rings. The molecule has 0 heterocycles. The second kappa shape index (κ2) is 9.58. The first-order chi connectivity index (χ1) is 11.3. The minimum Gasteiger partial charge on any atom is -0.490 e. The first-order valence-corrected chi connectivity index (χ1v) is 10.1. The molecule has 2 aliphatic carbocycles. The van der Waals surface area contributed by atoms with Crippen LogP contribution < -0.4 is 4.72 Å². The summed E-state index contributed by atoms with van der Waals surface area (Å²) in [5.41, 5.74) is -0.125. The van der Waals surface area contributed by atoms with Gasteiger partial charge in [0.05, 0.1) is 29.4 Å². The normalized spacial score (nSPS) is 21.7. The van der Waals surface area contributed by atoms with E-state index in [9.17, 15) is 18.5 Å². The van der Waals surface area contributed by atoms with E-state index in [0.717, 1.165) is 31.9 Å². The van der Waals surface area contributed by atoms with Crippen molar-refractivity contribution < 1.29 is 18.1 Å². The Kier molecular flexibility index (Phi) is 8.14. The lowest BCUT2D eigenvalue weighted by Crippen LogP contribution is -2.31. The van der Waals surface area contributed by atoms with Gasteiger partial charge in [0.2, 0.25) is 10.0 Å². The van der Waals surface area contributed by atoms with Crippen molar-refractivity contribution >= 4 is 10.0 Å². The summed E-state index contributed by atoms with van der Waals surface area (Å²) < 4.78 is 31.0. The van der Waals surface area contributed by atoms with Crippen LogP contribution in [0.15, 0.2) is 35.8 Å². The zero-order valence-electron chi connectivity index (χ0n) is 14.4. The summed E-state index contributed by atoms with van der Waals surface area (Å²) >= 11 is 0. The molecule has 136 valence electrons. The third-order valence-corrected chi connectivity index (χ3v) is 4.22. The number of sulfonamides is 1. The Balaban J connectivity index is 0.00000139. The quantitative estimate of drug-likeness (QED) is 0.602. The smallest absolute Gasteiger partial charge is 0.272 e. The van der Waals surface area contributed by atoms with Crippen molar-refractivity contribution in [2.75, 3.05) is 6.26 Å². The molecule has 2 rings (SSSR count). The van der Waals surface area contributed by atoms with Gasteiger partial charge in [-0.3, -0.25) is 10.1 Å². The molecule has 1 atom stereocenters. The van der Waals surface area contributed by atoms with E-state index in [4.69, 9.17) is 4.74 Å². The van der Waals surface area contributed by atoms with E-state index in [2.05, 4.69) is 4.72 Å². The summed E-state index contributed by atoms with van der Waals surface area (Å²) in [5.74, 6) is 0.338. The molecule has 1 fully saturated rings. The molecule has 1 unspecified atom stereocenters. The van der Waals surface area contributed by atoms with Crippen LogP contribution in [0.2, 0.25) is 0 Å². The molecule has 8 heteroatoms. The fraction of sp³-hybridized carbons (Fsp3) is 0.625. The molecule has 0 aliphatic heterocycles. The van der Waals surface area contributed by atoms with Gasteiger partial charge in [-0.25, -0.2) is 13.1 Å². The van der Waals surface area contributed by atoms with E-state index in [1.807, 2.05) is 13.8 Å². The van der Waals surface area contributed by atoms with E-state index >= 15 is 0 Å². The summed E-state index contributed by atoms with van der Waals surface area (Å²) in [5, 5.41) is 11.0. The van der Waals surface area contributed by atoms with Crippen molar-refractivity contribution in [1.82, 2.24) is 4.72 Å². The Morgan fingerprint density at radius 3 is 2.42 bits per heavy atom. The molecule has 2 aliphatic rings. The maximum Gasteiger partial charge on any atom is 0.272 e. The number of allylic oxidation sites excluding steroid dienone is 2. The van der Waals surface area contributed by atoms with Crippen LogP contribution in [0.5, 0.6) is 0 Å². The lowest BCUT2D eigenvalue weighted by atomic mass is 9.98. The second-order valence-electron chi connectivity index (χ2n) is 5.55. The molecule has 7 nitrogen and oxygen atoms in total. The summed E-state index contributed by atoms with van der Waals surface area (Å²) in [6, 6.07) is -0.665. The molecule has 1 saturated carbocycles. The number of hydrogen-bond donors (Lipinski definition) is 1. The lowest BCUT2D eigenvalue weighted by molar-refractivity contribution is -0.419. The minimum atomic E-state index is -3.43. The van der Waals surface area contributed by atoms with Crippen LogP contribution in [0.3, 0.4) is 0 Å². The van der Waals surface area contributed by atoms with Crippen LogP contribution in [0.25, 0.3) is 0 Å². The van der Waals surface area contributed by atoms with Crippen molar-refractivity contribution in [3.8, 4) is 0 Å². The van der Waals surface area contributed by atoms with Crippen LogP contribution in [0.1, 0.15) is 46.0 Å². The van der Waals surface area contributed by atoms with Crippen LogP contribution in [0, 0.1) is 10.1 Å². The lowest BCUT2D eigenvalue weighted by Gasteiger charge is -2.23. The van der Waals surface area contributed by atoms with E-state index in [-0.39, 0.29) is 11.8 Å². The number of ether oxygens (including phenoxy) is 1. The number of nitrogens with zero attached hydrogens (tertiary/aromatic N) is 1. The highest BCUT2D eigenvalue weighted by atomic mass is 32.2. The molecule has 0 saturated heterocycles. The molecular formula is C16H26N2O5S. The maximum absolute atomic E-state index is 11.4. The fourth-order valence-electron chi connectivity index (χ4n) is 2.56. The average molecular weight is 358 g/mol. The van der Waals surface area contributed by atoms with Crippen molar-refractivity contribution in [2.24, 2.45) is 0 Å². The Hall–Kier alpha value is -1.67. The molecule has 0 radical (unpaired) electrons. The number of hydrogen-bond acceptors (Lipinski definition) is 5. The first kappa shape index (κ1) is 20.4.